The van der Waals surface area contributed by atoms with Gasteiger partial charge in [-0.25, -0.2) is 0 Å². The number of nitrogens with one attached hydrogen (secondary N) is 1. The Kier molecular flexibility index (Phi) is 4.08. The smallest absolute Gasteiger partial charge is 0.00865 e. The van der Waals surface area contributed by atoms with Crippen molar-refractivity contribution in [3.8, 4) is 12.3 Å². The van der Waals surface area contributed by atoms with Crippen molar-refractivity contribution in [2.45, 2.75) is 32.1 Å². The Balaban J connectivity index is 1.70. The first-order chi connectivity index (χ1) is 5.43. The van der Waals surface area contributed by atoms with E-state index < -0.39 is 0 Å². The molecule has 0 atom stereocenters. The summed E-state index contributed by atoms with van der Waals surface area (Å²) in [6, 6.07) is 0. The van der Waals surface area contributed by atoms with Crippen molar-refractivity contribution in [2.24, 2.45) is 5.92 Å². The lowest BCUT2D eigenvalue weighted by molar-refractivity contribution is 0.600. The molecular weight excluding hydrogens is 134 g/mol. The van der Waals surface area contributed by atoms with Gasteiger partial charge in [0.25, 0.3) is 0 Å². The number of terminal acetylenes is 1. The van der Waals surface area contributed by atoms with Crippen LogP contribution in [0.15, 0.2) is 0 Å². The average molecular weight is 151 g/mol. The van der Waals surface area contributed by atoms with E-state index in [2.05, 4.69) is 11.2 Å². The van der Waals surface area contributed by atoms with Crippen LogP contribution in [0.2, 0.25) is 0 Å². The summed E-state index contributed by atoms with van der Waals surface area (Å²) in [7, 11) is 0. The lowest BCUT2D eigenvalue weighted by Gasteiger charge is -2.00. The second-order valence-corrected chi connectivity index (χ2v) is 3.31. The van der Waals surface area contributed by atoms with Crippen LogP contribution in [0, 0.1) is 18.3 Å². The normalized spacial score (nSPS) is 16.3. The van der Waals surface area contributed by atoms with E-state index in [4.69, 9.17) is 6.42 Å². The quantitative estimate of drug-likeness (QED) is 0.451. The highest BCUT2D eigenvalue weighted by atomic mass is 14.9. The zero-order valence-corrected chi connectivity index (χ0v) is 7.10. The molecule has 0 aromatic heterocycles. The number of hydrogen-bond donors (Lipinski definition) is 1. The molecule has 0 unspecified atom stereocenters. The fourth-order valence-corrected chi connectivity index (χ4v) is 1.11. The molecule has 1 saturated carbocycles. The van der Waals surface area contributed by atoms with E-state index in [1.165, 1.54) is 32.2 Å². The van der Waals surface area contributed by atoms with Gasteiger partial charge < -0.3 is 5.32 Å². The highest BCUT2D eigenvalue weighted by Gasteiger charge is 2.19. The first-order valence-corrected chi connectivity index (χ1v) is 4.57. The molecule has 0 heterocycles. The summed E-state index contributed by atoms with van der Waals surface area (Å²) >= 11 is 0. The van der Waals surface area contributed by atoms with Crippen molar-refractivity contribution in [3.63, 3.8) is 0 Å². The Bertz CT molecular complexity index is 130. The van der Waals surface area contributed by atoms with E-state index in [1.54, 1.807) is 0 Å². The predicted molar refractivity (Wildman–Crippen MR) is 48.3 cm³/mol. The molecule has 0 aromatic carbocycles. The van der Waals surface area contributed by atoms with Gasteiger partial charge in [-0.1, -0.05) is 0 Å². The van der Waals surface area contributed by atoms with Crippen LogP contribution in [0.25, 0.3) is 0 Å². The van der Waals surface area contributed by atoms with Gasteiger partial charge in [0.2, 0.25) is 0 Å². The minimum absolute atomic E-state index is 0.936. The minimum Gasteiger partial charge on any atom is -0.316 e. The second-order valence-electron chi connectivity index (χ2n) is 3.31. The van der Waals surface area contributed by atoms with E-state index >= 15 is 0 Å². The zero-order chi connectivity index (χ0) is 7.94. The molecule has 1 rings (SSSR count). The van der Waals surface area contributed by atoms with E-state index in [0.717, 1.165) is 18.9 Å². The molecule has 0 aromatic rings. The first-order valence-electron chi connectivity index (χ1n) is 4.57. The van der Waals surface area contributed by atoms with Gasteiger partial charge in [0.15, 0.2) is 0 Å². The SMILES string of the molecule is C#CCCCCNCC1CC1. The van der Waals surface area contributed by atoms with E-state index in [0.29, 0.717) is 0 Å². The van der Waals surface area contributed by atoms with Gasteiger partial charge in [-0.3, -0.25) is 0 Å². The molecule has 0 radical (unpaired) electrons. The molecule has 1 N–H and O–H groups in total. The maximum Gasteiger partial charge on any atom is 0.00865 e. The maximum absolute atomic E-state index is 5.13. The Morgan fingerprint density at radius 2 is 2.18 bits per heavy atom. The largest absolute Gasteiger partial charge is 0.316 e. The Morgan fingerprint density at radius 3 is 2.82 bits per heavy atom. The topological polar surface area (TPSA) is 12.0 Å². The van der Waals surface area contributed by atoms with Crippen LogP contribution in [0.5, 0.6) is 0 Å². The molecule has 0 spiro atoms. The summed E-state index contributed by atoms with van der Waals surface area (Å²) in [5.41, 5.74) is 0. The third-order valence-corrected chi connectivity index (χ3v) is 2.05. The lowest BCUT2D eigenvalue weighted by atomic mass is 10.2. The Morgan fingerprint density at radius 1 is 1.36 bits per heavy atom. The summed E-state index contributed by atoms with van der Waals surface area (Å²) in [5.74, 6) is 3.65. The van der Waals surface area contributed by atoms with E-state index in [9.17, 15) is 0 Å². The van der Waals surface area contributed by atoms with Crippen LogP contribution in [0.4, 0.5) is 0 Å². The summed E-state index contributed by atoms with van der Waals surface area (Å²) < 4.78 is 0. The zero-order valence-electron chi connectivity index (χ0n) is 7.10. The Hall–Kier alpha value is -0.480. The van der Waals surface area contributed by atoms with Crippen LogP contribution in [0.3, 0.4) is 0 Å². The van der Waals surface area contributed by atoms with Crippen molar-refractivity contribution in [1.29, 1.82) is 0 Å². The Labute approximate surface area is 69.6 Å². The fourth-order valence-electron chi connectivity index (χ4n) is 1.11. The van der Waals surface area contributed by atoms with Gasteiger partial charge in [-0.15, -0.1) is 12.3 Å². The van der Waals surface area contributed by atoms with Gasteiger partial charge in [0.05, 0.1) is 0 Å². The minimum atomic E-state index is 0.936. The molecule has 1 heteroatoms. The monoisotopic (exact) mass is 151 g/mol. The first kappa shape index (κ1) is 8.62. The predicted octanol–water partition coefficient (Wildman–Crippen LogP) is 1.79. The van der Waals surface area contributed by atoms with E-state index in [-0.39, 0.29) is 0 Å². The van der Waals surface area contributed by atoms with Gasteiger partial charge >= 0.3 is 0 Å². The summed E-state index contributed by atoms with van der Waals surface area (Å²) in [6.45, 7) is 2.38. The molecule has 1 aliphatic rings. The molecule has 11 heavy (non-hydrogen) atoms. The number of hydrogen-bond acceptors (Lipinski definition) is 1. The van der Waals surface area contributed by atoms with Crippen molar-refractivity contribution >= 4 is 0 Å². The van der Waals surface area contributed by atoms with E-state index in [1.807, 2.05) is 0 Å². The highest BCUT2D eigenvalue weighted by Crippen LogP contribution is 2.27. The van der Waals surface area contributed by atoms with Crippen molar-refractivity contribution < 1.29 is 0 Å². The maximum atomic E-state index is 5.13. The molecule has 1 nitrogen and oxygen atoms in total. The third kappa shape index (κ3) is 4.86. The third-order valence-electron chi connectivity index (χ3n) is 2.05. The molecular formula is C10H17N. The van der Waals surface area contributed by atoms with Crippen molar-refractivity contribution in [3.05, 3.63) is 0 Å². The molecule has 0 amide bonds. The van der Waals surface area contributed by atoms with Crippen LogP contribution in [-0.4, -0.2) is 13.1 Å². The van der Waals surface area contributed by atoms with Gasteiger partial charge in [0.1, 0.15) is 0 Å². The lowest BCUT2D eigenvalue weighted by Crippen LogP contribution is -2.17. The average Bonchev–Trinajstić information content (AvgIpc) is 2.80. The van der Waals surface area contributed by atoms with Crippen LogP contribution < -0.4 is 5.32 Å². The van der Waals surface area contributed by atoms with Crippen LogP contribution in [0.1, 0.15) is 32.1 Å². The summed E-state index contributed by atoms with van der Waals surface area (Å²) in [6.07, 6.45) is 11.4. The summed E-state index contributed by atoms with van der Waals surface area (Å²) in [5, 5.41) is 3.44. The fraction of sp³-hybridized carbons (Fsp3) is 0.800. The standard InChI is InChI=1S/C10H17N/c1-2-3-4-5-8-11-9-10-6-7-10/h1,10-11H,3-9H2. The van der Waals surface area contributed by atoms with Gasteiger partial charge in [-0.05, 0) is 44.7 Å². The van der Waals surface area contributed by atoms with Crippen molar-refractivity contribution in [2.75, 3.05) is 13.1 Å². The van der Waals surface area contributed by atoms with Crippen LogP contribution >= 0.6 is 0 Å². The number of unbranched alkanes of at least 4 members (excludes halogenated alkanes) is 2. The number of rotatable bonds is 6. The molecule has 1 aliphatic carbocycles. The molecule has 0 aliphatic heterocycles. The molecule has 62 valence electrons. The van der Waals surface area contributed by atoms with Gasteiger partial charge in [-0.2, -0.15) is 0 Å². The molecule has 0 bridgehead atoms. The highest BCUT2D eigenvalue weighted by molar-refractivity contribution is 4.83. The van der Waals surface area contributed by atoms with Gasteiger partial charge in [0, 0.05) is 6.42 Å². The molecule has 0 saturated heterocycles. The second kappa shape index (κ2) is 5.21. The molecule has 1 fully saturated rings. The van der Waals surface area contributed by atoms with Crippen molar-refractivity contribution in [1.82, 2.24) is 5.32 Å². The summed E-state index contributed by atoms with van der Waals surface area (Å²) in [4.78, 5) is 0. The van der Waals surface area contributed by atoms with Crippen LogP contribution in [-0.2, 0) is 0 Å².